The fourth-order valence-corrected chi connectivity index (χ4v) is 2.05. The molecule has 3 rings (SSSR count). The van der Waals surface area contributed by atoms with E-state index in [2.05, 4.69) is 45.8 Å². The smallest absolute Gasteiger partial charge is 0.146 e. The van der Waals surface area contributed by atoms with E-state index in [0.29, 0.717) is 0 Å². The molecule has 1 aromatic heterocycles. The van der Waals surface area contributed by atoms with E-state index in [4.69, 9.17) is 0 Å². The Morgan fingerprint density at radius 3 is 2.55 bits per heavy atom. The summed E-state index contributed by atoms with van der Waals surface area (Å²) in [6.07, 6.45) is 1.74. The molecule has 98 valence electrons. The molecule has 0 radical (unpaired) electrons. The number of anilines is 1. The minimum absolute atomic E-state index is 0.743. The number of hydrogen-bond donors (Lipinski definition) is 1. The van der Waals surface area contributed by atoms with E-state index in [0.717, 1.165) is 17.1 Å². The third-order valence-electron chi connectivity index (χ3n) is 3.17. The van der Waals surface area contributed by atoms with Crippen molar-refractivity contribution in [1.29, 1.82) is 0 Å². The minimum atomic E-state index is 0.743. The van der Waals surface area contributed by atoms with Gasteiger partial charge >= 0.3 is 0 Å². The number of fused-ring (bicyclic) bond motifs is 1. The third kappa shape index (κ3) is 2.67. The average Bonchev–Trinajstić information content (AvgIpc) is 2.53. The van der Waals surface area contributed by atoms with Crippen molar-refractivity contribution in [1.82, 2.24) is 4.98 Å². The molecule has 0 bridgehead atoms. The van der Waals surface area contributed by atoms with Crippen molar-refractivity contribution in [3.05, 3.63) is 72.4 Å². The first-order valence-electron chi connectivity index (χ1n) is 6.53. The maximum atomic E-state index is 4.38. The van der Waals surface area contributed by atoms with Gasteiger partial charge in [0.2, 0.25) is 0 Å². The second-order valence-electron chi connectivity index (χ2n) is 4.59. The summed E-state index contributed by atoms with van der Waals surface area (Å²) in [6.45, 7) is 1.99. The number of hydrogen-bond acceptors (Lipinski definition) is 3. The van der Waals surface area contributed by atoms with Gasteiger partial charge in [-0.3, -0.25) is 5.43 Å². The van der Waals surface area contributed by atoms with Gasteiger partial charge in [0.1, 0.15) is 5.82 Å². The highest BCUT2D eigenvalue weighted by molar-refractivity contribution is 6.02. The van der Waals surface area contributed by atoms with Gasteiger partial charge in [0, 0.05) is 6.20 Å². The summed E-state index contributed by atoms with van der Waals surface area (Å²) >= 11 is 0. The van der Waals surface area contributed by atoms with E-state index in [1.54, 1.807) is 6.20 Å². The molecular weight excluding hydrogens is 246 g/mol. The van der Waals surface area contributed by atoms with Gasteiger partial charge in [-0.15, -0.1) is 0 Å². The second-order valence-corrected chi connectivity index (χ2v) is 4.59. The monoisotopic (exact) mass is 261 g/mol. The van der Waals surface area contributed by atoms with Crippen LogP contribution in [-0.4, -0.2) is 10.7 Å². The number of benzene rings is 2. The molecule has 3 heteroatoms. The fourth-order valence-electron chi connectivity index (χ4n) is 2.05. The number of nitrogens with zero attached hydrogens (tertiary/aromatic N) is 2. The maximum absolute atomic E-state index is 4.38. The summed E-state index contributed by atoms with van der Waals surface area (Å²) in [5.74, 6) is 0.743. The first-order valence-corrected chi connectivity index (χ1v) is 6.53. The van der Waals surface area contributed by atoms with E-state index in [1.165, 1.54) is 10.8 Å². The van der Waals surface area contributed by atoms with Crippen molar-refractivity contribution >= 4 is 22.3 Å². The molecule has 1 heterocycles. The Morgan fingerprint density at radius 2 is 1.75 bits per heavy atom. The van der Waals surface area contributed by atoms with Crippen molar-refractivity contribution in [2.45, 2.75) is 6.92 Å². The molecule has 0 saturated heterocycles. The molecule has 0 aliphatic carbocycles. The molecule has 0 amide bonds. The zero-order valence-corrected chi connectivity index (χ0v) is 11.2. The molecule has 0 aliphatic rings. The Hall–Kier alpha value is -2.68. The third-order valence-corrected chi connectivity index (χ3v) is 3.17. The van der Waals surface area contributed by atoms with E-state index < -0.39 is 0 Å². The van der Waals surface area contributed by atoms with Crippen molar-refractivity contribution in [2.75, 3.05) is 5.43 Å². The predicted octanol–water partition coefficient (Wildman–Crippen LogP) is 4.07. The number of aromatic nitrogens is 1. The Bertz CT molecular complexity index is 748. The van der Waals surface area contributed by atoms with E-state index in [1.807, 2.05) is 37.3 Å². The van der Waals surface area contributed by atoms with Gasteiger partial charge in [-0.1, -0.05) is 42.5 Å². The molecule has 3 nitrogen and oxygen atoms in total. The predicted molar refractivity (Wildman–Crippen MR) is 84.0 cm³/mol. The van der Waals surface area contributed by atoms with E-state index >= 15 is 0 Å². The molecule has 0 spiro atoms. The Kier molecular flexibility index (Phi) is 3.42. The normalized spacial score (nSPS) is 11.6. The van der Waals surface area contributed by atoms with Crippen LogP contribution < -0.4 is 5.43 Å². The van der Waals surface area contributed by atoms with Crippen LogP contribution in [0, 0.1) is 0 Å². The largest absolute Gasteiger partial charge is 0.261 e. The van der Waals surface area contributed by atoms with E-state index in [-0.39, 0.29) is 0 Å². The number of nitrogens with one attached hydrogen (secondary N) is 1. The average molecular weight is 261 g/mol. The summed E-state index contributed by atoms with van der Waals surface area (Å²) in [5, 5.41) is 6.83. The van der Waals surface area contributed by atoms with Crippen molar-refractivity contribution in [3.63, 3.8) is 0 Å². The molecule has 0 aliphatic heterocycles. The molecule has 0 unspecified atom stereocenters. The summed E-state index contributed by atoms with van der Waals surface area (Å²) in [4.78, 5) is 4.18. The minimum Gasteiger partial charge on any atom is -0.261 e. The van der Waals surface area contributed by atoms with Crippen LogP contribution >= 0.6 is 0 Å². The Labute approximate surface area is 118 Å². The lowest BCUT2D eigenvalue weighted by atomic mass is 10.0. The molecule has 1 N–H and O–H groups in total. The van der Waals surface area contributed by atoms with Gasteiger partial charge in [0.15, 0.2) is 0 Å². The highest BCUT2D eigenvalue weighted by Crippen LogP contribution is 2.16. The van der Waals surface area contributed by atoms with Crippen molar-refractivity contribution < 1.29 is 0 Å². The van der Waals surface area contributed by atoms with Crippen LogP contribution in [0.5, 0.6) is 0 Å². The molecule has 3 aromatic rings. The SMILES string of the molecule is C/C(=N/Nc1ccccn1)c1ccc2ccccc2c1. The molecule has 0 saturated carbocycles. The maximum Gasteiger partial charge on any atom is 0.146 e. The van der Waals surface area contributed by atoms with Crippen LogP contribution in [0.15, 0.2) is 72.0 Å². The first-order chi connectivity index (χ1) is 9.83. The molecule has 2 aromatic carbocycles. The van der Waals surface area contributed by atoms with Crippen molar-refractivity contribution in [3.8, 4) is 0 Å². The summed E-state index contributed by atoms with van der Waals surface area (Å²) < 4.78 is 0. The standard InChI is InChI=1S/C17H15N3/c1-13(19-20-17-8-4-5-11-18-17)15-10-9-14-6-2-3-7-16(14)12-15/h2-12H,1H3,(H,18,20)/b19-13-. The van der Waals surface area contributed by atoms with Crippen LogP contribution in [0.1, 0.15) is 12.5 Å². The van der Waals surface area contributed by atoms with Crippen LogP contribution in [-0.2, 0) is 0 Å². The summed E-state index contributed by atoms with van der Waals surface area (Å²) in [5.41, 5.74) is 5.00. The lowest BCUT2D eigenvalue weighted by Gasteiger charge is -2.04. The van der Waals surface area contributed by atoms with Crippen LogP contribution in [0.3, 0.4) is 0 Å². The van der Waals surface area contributed by atoms with Gasteiger partial charge in [0.25, 0.3) is 0 Å². The topological polar surface area (TPSA) is 37.3 Å². The van der Waals surface area contributed by atoms with Gasteiger partial charge < -0.3 is 0 Å². The number of pyridine rings is 1. The summed E-state index contributed by atoms with van der Waals surface area (Å²) in [7, 11) is 0. The Balaban J connectivity index is 1.86. The highest BCUT2D eigenvalue weighted by atomic mass is 15.3. The lowest BCUT2D eigenvalue weighted by Crippen LogP contribution is -2.00. The van der Waals surface area contributed by atoms with Gasteiger partial charge in [-0.05, 0) is 41.5 Å². The zero-order valence-electron chi connectivity index (χ0n) is 11.2. The van der Waals surface area contributed by atoms with Crippen LogP contribution in [0.2, 0.25) is 0 Å². The molecule has 0 fully saturated rings. The van der Waals surface area contributed by atoms with Gasteiger partial charge in [0.05, 0.1) is 5.71 Å². The molecular formula is C17H15N3. The highest BCUT2D eigenvalue weighted by Gasteiger charge is 1.99. The van der Waals surface area contributed by atoms with Gasteiger partial charge in [-0.2, -0.15) is 5.10 Å². The Morgan fingerprint density at radius 1 is 0.950 bits per heavy atom. The zero-order chi connectivity index (χ0) is 13.8. The van der Waals surface area contributed by atoms with Crippen molar-refractivity contribution in [2.24, 2.45) is 5.10 Å². The van der Waals surface area contributed by atoms with Crippen LogP contribution in [0.4, 0.5) is 5.82 Å². The van der Waals surface area contributed by atoms with Crippen LogP contribution in [0.25, 0.3) is 10.8 Å². The molecule has 0 atom stereocenters. The second kappa shape index (κ2) is 5.53. The lowest BCUT2D eigenvalue weighted by molar-refractivity contribution is 1.22. The molecule has 20 heavy (non-hydrogen) atoms. The van der Waals surface area contributed by atoms with Gasteiger partial charge in [-0.25, -0.2) is 4.98 Å². The summed E-state index contributed by atoms with van der Waals surface area (Å²) in [6, 6.07) is 20.4. The fraction of sp³-hybridized carbons (Fsp3) is 0.0588. The first kappa shape index (κ1) is 12.4. The van der Waals surface area contributed by atoms with E-state index in [9.17, 15) is 0 Å². The quantitative estimate of drug-likeness (QED) is 0.570. The number of rotatable bonds is 3. The number of hydrazone groups is 1.